The Kier molecular flexibility index (Phi) is 4.59. The van der Waals surface area contributed by atoms with Crippen molar-refractivity contribution >= 4 is 11.8 Å². The Balaban J connectivity index is 1.69. The number of aliphatic imine (C=N–C) groups is 1. The zero-order valence-electron chi connectivity index (χ0n) is 18.4. The summed E-state index contributed by atoms with van der Waals surface area (Å²) in [7, 11) is 1.71. The average Bonchev–Trinajstić information content (AvgIpc) is 3.15. The van der Waals surface area contributed by atoms with Crippen LogP contribution >= 0.6 is 0 Å². The summed E-state index contributed by atoms with van der Waals surface area (Å²) in [5.41, 5.74) is 3.80. The maximum Gasteiger partial charge on any atom is 0.135 e. The minimum Gasteiger partial charge on any atom is -0.296 e. The zero-order chi connectivity index (χ0) is 22.7. The largest absolute Gasteiger partial charge is 0.296 e. The first-order valence-electron chi connectivity index (χ1n) is 10.7. The molecular weight excluding hydrogens is 406 g/mol. The van der Waals surface area contributed by atoms with Gasteiger partial charge in [0.2, 0.25) is 0 Å². The van der Waals surface area contributed by atoms with Gasteiger partial charge < -0.3 is 0 Å². The second-order valence-corrected chi connectivity index (χ2v) is 9.17. The van der Waals surface area contributed by atoms with Gasteiger partial charge in [0.05, 0.1) is 33.8 Å². The van der Waals surface area contributed by atoms with Crippen molar-refractivity contribution in [2.24, 2.45) is 10.4 Å². The average molecular weight is 431 g/mol. The molecule has 162 valence electrons. The molecule has 0 N–H and O–H groups in total. The van der Waals surface area contributed by atoms with E-state index in [-0.39, 0.29) is 22.6 Å². The number of pyridine rings is 1. The molecule has 1 fully saturated rings. The van der Waals surface area contributed by atoms with Gasteiger partial charge in [0, 0.05) is 18.8 Å². The Labute approximate surface area is 186 Å². The van der Waals surface area contributed by atoms with Crippen LogP contribution in [0.5, 0.6) is 0 Å². The third kappa shape index (κ3) is 2.65. The van der Waals surface area contributed by atoms with Crippen LogP contribution in [0.2, 0.25) is 0 Å². The molecule has 2 aliphatic rings. The zero-order valence-corrected chi connectivity index (χ0v) is 18.4. The molecular formula is C26H24F2N4. The third-order valence-corrected chi connectivity index (χ3v) is 7.40. The fraction of sp³-hybridized carbons (Fsp3) is 0.308. The monoisotopic (exact) mass is 430 g/mol. The molecule has 32 heavy (non-hydrogen) atoms. The van der Waals surface area contributed by atoms with Crippen LogP contribution in [-0.2, 0) is 5.41 Å². The maximum atomic E-state index is 14.4. The van der Waals surface area contributed by atoms with Crippen molar-refractivity contribution in [2.75, 3.05) is 7.05 Å². The summed E-state index contributed by atoms with van der Waals surface area (Å²) in [6.07, 6.45) is 3.54. The lowest BCUT2D eigenvalue weighted by Gasteiger charge is -2.37. The van der Waals surface area contributed by atoms with E-state index in [0.29, 0.717) is 0 Å². The Morgan fingerprint density at radius 2 is 1.84 bits per heavy atom. The molecule has 4 nitrogen and oxygen atoms in total. The molecule has 2 bridgehead atoms. The van der Waals surface area contributed by atoms with Crippen molar-refractivity contribution < 1.29 is 8.78 Å². The van der Waals surface area contributed by atoms with Gasteiger partial charge in [-0.3, -0.25) is 9.98 Å². The topological polar surface area (TPSA) is 51.0 Å². The molecule has 2 heterocycles. The van der Waals surface area contributed by atoms with Gasteiger partial charge in [0.15, 0.2) is 0 Å². The second kappa shape index (κ2) is 7.12. The van der Waals surface area contributed by atoms with Gasteiger partial charge >= 0.3 is 0 Å². The second-order valence-electron chi connectivity index (χ2n) is 9.17. The fourth-order valence-corrected chi connectivity index (χ4v) is 5.83. The molecule has 2 atom stereocenters. The number of benzene rings is 1. The lowest BCUT2D eigenvalue weighted by molar-refractivity contribution is 0.243. The Morgan fingerprint density at radius 1 is 1.12 bits per heavy atom. The van der Waals surface area contributed by atoms with Gasteiger partial charge in [-0.1, -0.05) is 32.6 Å². The van der Waals surface area contributed by atoms with Crippen molar-refractivity contribution in [3.8, 4) is 11.3 Å². The number of rotatable bonds is 4. The van der Waals surface area contributed by atoms with Crippen molar-refractivity contribution in [2.45, 2.75) is 38.0 Å². The molecule has 2 aromatic heterocycles. The van der Waals surface area contributed by atoms with Crippen LogP contribution in [0.1, 0.15) is 55.3 Å². The lowest BCUT2D eigenvalue weighted by atomic mass is 9.66. The summed E-state index contributed by atoms with van der Waals surface area (Å²) in [6, 6.07) is 11.6. The van der Waals surface area contributed by atoms with Crippen molar-refractivity contribution in [1.82, 2.24) is 15.2 Å². The molecule has 6 heteroatoms. The quantitative estimate of drug-likeness (QED) is 0.497. The van der Waals surface area contributed by atoms with Gasteiger partial charge in [0.25, 0.3) is 0 Å². The van der Waals surface area contributed by atoms with E-state index in [1.165, 1.54) is 18.2 Å². The molecule has 2 aliphatic carbocycles. The molecule has 0 amide bonds. The van der Waals surface area contributed by atoms with Crippen LogP contribution in [0.4, 0.5) is 8.78 Å². The van der Waals surface area contributed by atoms with E-state index in [1.807, 2.05) is 24.3 Å². The number of hydrogen-bond acceptors (Lipinski definition) is 4. The molecule has 1 aromatic carbocycles. The maximum absolute atomic E-state index is 14.4. The van der Waals surface area contributed by atoms with Crippen molar-refractivity contribution in [3.05, 3.63) is 83.3 Å². The van der Waals surface area contributed by atoms with Gasteiger partial charge in [-0.2, -0.15) is 5.10 Å². The predicted octanol–water partition coefficient (Wildman–Crippen LogP) is 5.73. The first-order chi connectivity index (χ1) is 15.3. The van der Waals surface area contributed by atoms with E-state index in [2.05, 4.69) is 35.6 Å². The molecule has 1 saturated carbocycles. The van der Waals surface area contributed by atoms with Crippen LogP contribution < -0.4 is 0 Å². The molecule has 0 saturated heterocycles. The molecule has 0 spiro atoms. The molecule has 0 radical (unpaired) electrons. The van der Waals surface area contributed by atoms with E-state index in [1.54, 1.807) is 13.3 Å². The van der Waals surface area contributed by atoms with Crippen LogP contribution in [0.25, 0.3) is 16.8 Å². The minimum atomic E-state index is -0.637. The Bertz CT molecular complexity index is 1260. The van der Waals surface area contributed by atoms with Gasteiger partial charge in [-0.05, 0) is 60.1 Å². The van der Waals surface area contributed by atoms with E-state index in [4.69, 9.17) is 4.98 Å². The smallest absolute Gasteiger partial charge is 0.135 e. The third-order valence-electron chi connectivity index (χ3n) is 7.40. The SMILES string of the molecule is C=C(C=NC)c1cccc(C23CC[C@@H](c4cc(-c5c(F)cccc5F)nnc42)C3(C)C)n1. The lowest BCUT2D eigenvalue weighted by Crippen LogP contribution is -2.38. The summed E-state index contributed by atoms with van der Waals surface area (Å²) in [4.78, 5) is 9.02. The van der Waals surface area contributed by atoms with Crippen LogP contribution in [0.15, 0.2) is 54.0 Å². The van der Waals surface area contributed by atoms with Gasteiger partial charge in [0.1, 0.15) is 11.6 Å². The molecule has 5 rings (SSSR count). The molecule has 0 aliphatic heterocycles. The van der Waals surface area contributed by atoms with Crippen molar-refractivity contribution in [3.63, 3.8) is 0 Å². The number of aromatic nitrogens is 3. The number of nitrogens with zero attached hydrogens (tertiary/aromatic N) is 4. The van der Waals surface area contributed by atoms with Crippen LogP contribution in [0.3, 0.4) is 0 Å². The summed E-state index contributed by atoms with van der Waals surface area (Å²) >= 11 is 0. The number of halogens is 2. The number of hydrogen-bond donors (Lipinski definition) is 0. The Hall–Kier alpha value is -3.28. The van der Waals surface area contributed by atoms with E-state index >= 15 is 0 Å². The van der Waals surface area contributed by atoms with E-state index in [0.717, 1.165) is 41.1 Å². The summed E-state index contributed by atoms with van der Waals surface area (Å²) in [5.74, 6) is -1.07. The highest BCUT2D eigenvalue weighted by Gasteiger charge is 2.65. The van der Waals surface area contributed by atoms with Crippen LogP contribution in [0, 0.1) is 17.0 Å². The number of allylic oxidation sites excluding steroid dienone is 1. The molecule has 1 unspecified atom stereocenters. The van der Waals surface area contributed by atoms with E-state index in [9.17, 15) is 8.78 Å². The normalized spacial score (nSPS) is 23.0. The van der Waals surface area contributed by atoms with Crippen molar-refractivity contribution in [1.29, 1.82) is 0 Å². The standard InChI is InChI=1S/C26H24F2N4/c1-15(14-29-4)20-9-6-10-22(30-20)26-12-11-17(25(26,2)3)16-13-21(31-32-24(16)26)23-18(27)7-5-8-19(23)28/h5-10,13-14,17H,1,11-12H2,2-4H3/t17-,26?/m0/s1. The van der Waals surface area contributed by atoms with Gasteiger partial charge in [-0.25, -0.2) is 8.78 Å². The van der Waals surface area contributed by atoms with E-state index < -0.39 is 17.0 Å². The summed E-state index contributed by atoms with van der Waals surface area (Å²) in [6.45, 7) is 8.53. The number of fused-ring (bicyclic) bond motifs is 5. The molecule has 3 aromatic rings. The highest BCUT2D eigenvalue weighted by molar-refractivity contribution is 6.07. The summed E-state index contributed by atoms with van der Waals surface area (Å²) in [5, 5.41) is 8.87. The highest BCUT2D eigenvalue weighted by Crippen LogP contribution is 2.69. The van der Waals surface area contributed by atoms with Crippen LogP contribution in [-0.4, -0.2) is 28.4 Å². The fourth-order valence-electron chi connectivity index (χ4n) is 5.83. The highest BCUT2D eigenvalue weighted by atomic mass is 19.1. The predicted molar refractivity (Wildman–Crippen MR) is 122 cm³/mol. The first kappa shape index (κ1) is 20.6. The Morgan fingerprint density at radius 3 is 2.56 bits per heavy atom. The first-order valence-corrected chi connectivity index (χ1v) is 10.7. The summed E-state index contributed by atoms with van der Waals surface area (Å²) < 4.78 is 28.8. The minimum absolute atomic E-state index is 0.132. The van der Waals surface area contributed by atoms with Gasteiger partial charge in [-0.15, -0.1) is 5.10 Å².